The number of carbonyl (C=O) groups is 2. The fraction of sp³-hybridized carbons (Fsp3) is 0.440. The van der Waals surface area contributed by atoms with Gasteiger partial charge in [-0.05, 0) is 43.5 Å². The van der Waals surface area contributed by atoms with Crippen LogP contribution in [0, 0.1) is 15.9 Å². The summed E-state index contributed by atoms with van der Waals surface area (Å²) in [4.78, 5) is 38.6. The Morgan fingerprint density at radius 1 is 1.18 bits per heavy atom. The number of ether oxygens (including phenoxy) is 1. The van der Waals surface area contributed by atoms with Gasteiger partial charge in [0.1, 0.15) is 29.8 Å². The quantitative estimate of drug-likeness (QED) is 0.335. The first kappa shape index (κ1) is 28.8. The third-order valence-corrected chi connectivity index (χ3v) is 7.58. The molecule has 0 spiro atoms. The number of amides is 2. The molecule has 0 radical (unpaired) electrons. The molecule has 1 fully saturated rings. The smallest absolute Gasteiger partial charge is 0.271 e. The van der Waals surface area contributed by atoms with Gasteiger partial charge in [0.15, 0.2) is 0 Å². The molecular weight excluding hydrogens is 519 g/mol. The number of methoxy groups -OCH3 is 1. The standard InChI is InChI=1S/C25H31FN4O7S/c1-17(25(32)27-20-6-4-5-7-20)28(15-18-8-10-19(26)11-9-18)24(31)16-29(38(3,35)36)22-14-21(30(33)34)12-13-23(22)37-2/h8-14,17,20H,4-7,15-16H2,1-3H3,(H,27,32)/t17-/m0/s1. The van der Waals surface area contributed by atoms with Crippen molar-refractivity contribution >= 4 is 33.2 Å². The van der Waals surface area contributed by atoms with Crippen molar-refractivity contribution in [2.45, 2.75) is 51.2 Å². The summed E-state index contributed by atoms with van der Waals surface area (Å²) in [5.41, 5.74) is -0.0594. The van der Waals surface area contributed by atoms with Crippen LogP contribution in [0.5, 0.6) is 5.75 Å². The third-order valence-electron chi connectivity index (χ3n) is 6.46. The summed E-state index contributed by atoms with van der Waals surface area (Å²) < 4.78 is 44.9. The molecule has 0 aliphatic heterocycles. The molecule has 38 heavy (non-hydrogen) atoms. The number of rotatable bonds is 11. The predicted molar refractivity (Wildman–Crippen MR) is 139 cm³/mol. The van der Waals surface area contributed by atoms with Gasteiger partial charge < -0.3 is 15.0 Å². The molecule has 11 nitrogen and oxygen atoms in total. The number of nitro groups is 1. The van der Waals surface area contributed by atoms with Gasteiger partial charge in [-0.2, -0.15) is 0 Å². The largest absolute Gasteiger partial charge is 0.495 e. The summed E-state index contributed by atoms with van der Waals surface area (Å²) in [7, 11) is -2.86. The zero-order chi connectivity index (χ0) is 28.0. The van der Waals surface area contributed by atoms with Crippen LogP contribution in [0.4, 0.5) is 15.8 Å². The Morgan fingerprint density at radius 2 is 1.82 bits per heavy atom. The van der Waals surface area contributed by atoms with Crippen LogP contribution in [0.1, 0.15) is 38.2 Å². The number of sulfonamides is 1. The van der Waals surface area contributed by atoms with E-state index in [9.17, 15) is 32.5 Å². The molecular formula is C25H31FN4O7S. The number of carbonyl (C=O) groups excluding carboxylic acids is 2. The minimum Gasteiger partial charge on any atom is -0.495 e. The number of halogens is 1. The van der Waals surface area contributed by atoms with E-state index in [4.69, 9.17) is 4.74 Å². The molecule has 1 aliphatic rings. The second-order valence-electron chi connectivity index (χ2n) is 9.20. The molecule has 1 aliphatic carbocycles. The second-order valence-corrected chi connectivity index (χ2v) is 11.1. The molecule has 1 atom stereocenters. The maximum absolute atomic E-state index is 13.6. The second kappa shape index (κ2) is 12.2. The number of nitrogens with zero attached hydrogens (tertiary/aromatic N) is 3. The number of benzene rings is 2. The van der Waals surface area contributed by atoms with Crippen LogP contribution in [0.2, 0.25) is 0 Å². The molecule has 1 saturated carbocycles. The van der Waals surface area contributed by atoms with Crippen molar-refractivity contribution in [1.29, 1.82) is 0 Å². The lowest BCUT2D eigenvalue weighted by molar-refractivity contribution is -0.384. The first-order valence-electron chi connectivity index (χ1n) is 12.0. The van der Waals surface area contributed by atoms with E-state index in [-0.39, 0.29) is 24.0 Å². The lowest BCUT2D eigenvalue weighted by Gasteiger charge is -2.32. The van der Waals surface area contributed by atoms with Gasteiger partial charge in [0.2, 0.25) is 21.8 Å². The zero-order valence-corrected chi connectivity index (χ0v) is 22.2. The zero-order valence-electron chi connectivity index (χ0n) is 21.4. The van der Waals surface area contributed by atoms with Crippen molar-refractivity contribution in [3.8, 4) is 5.75 Å². The summed E-state index contributed by atoms with van der Waals surface area (Å²) in [6.45, 7) is 0.686. The average Bonchev–Trinajstić information content (AvgIpc) is 3.38. The highest BCUT2D eigenvalue weighted by atomic mass is 32.2. The highest BCUT2D eigenvalue weighted by Gasteiger charge is 2.33. The van der Waals surface area contributed by atoms with Crippen molar-refractivity contribution in [2.75, 3.05) is 24.2 Å². The molecule has 2 amide bonds. The molecule has 0 bridgehead atoms. The monoisotopic (exact) mass is 550 g/mol. The summed E-state index contributed by atoms with van der Waals surface area (Å²) >= 11 is 0. The highest BCUT2D eigenvalue weighted by Crippen LogP contribution is 2.34. The Labute approximate surface area is 220 Å². The summed E-state index contributed by atoms with van der Waals surface area (Å²) in [6, 6.07) is 7.79. The van der Waals surface area contributed by atoms with E-state index in [1.165, 1.54) is 49.3 Å². The normalized spacial score (nSPS) is 14.5. The third kappa shape index (κ3) is 7.18. The number of hydrogen-bond donors (Lipinski definition) is 1. The Kier molecular flexibility index (Phi) is 9.26. The predicted octanol–water partition coefficient (Wildman–Crippen LogP) is 2.98. The number of hydrogen-bond acceptors (Lipinski definition) is 7. The molecule has 3 rings (SSSR count). The van der Waals surface area contributed by atoms with Gasteiger partial charge >= 0.3 is 0 Å². The van der Waals surface area contributed by atoms with E-state index in [1.807, 2.05) is 0 Å². The lowest BCUT2D eigenvalue weighted by atomic mass is 10.1. The first-order valence-corrected chi connectivity index (χ1v) is 13.9. The van der Waals surface area contributed by atoms with E-state index in [1.54, 1.807) is 0 Å². The van der Waals surface area contributed by atoms with Gasteiger partial charge in [0, 0.05) is 24.7 Å². The van der Waals surface area contributed by atoms with Gasteiger partial charge in [-0.1, -0.05) is 25.0 Å². The van der Waals surface area contributed by atoms with Crippen molar-refractivity contribution in [3.63, 3.8) is 0 Å². The van der Waals surface area contributed by atoms with E-state index in [0.717, 1.165) is 44.1 Å². The Balaban J connectivity index is 1.96. The Hall–Kier alpha value is -3.74. The van der Waals surface area contributed by atoms with Gasteiger partial charge in [-0.15, -0.1) is 0 Å². The SMILES string of the molecule is COc1ccc([N+](=O)[O-])cc1N(CC(=O)N(Cc1ccc(F)cc1)[C@@H](C)C(=O)NC1CCCC1)S(C)(=O)=O. The number of non-ortho nitro benzene ring substituents is 1. The van der Waals surface area contributed by atoms with Gasteiger partial charge in [-0.25, -0.2) is 12.8 Å². The maximum atomic E-state index is 13.6. The van der Waals surface area contributed by atoms with Crippen LogP contribution in [-0.4, -0.2) is 62.0 Å². The summed E-state index contributed by atoms with van der Waals surface area (Å²) in [5.74, 6) is -1.60. The molecule has 0 heterocycles. The molecule has 2 aromatic carbocycles. The number of anilines is 1. The molecule has 2 aromatic rings. The topological polar surface area (TPSA) is 139 Å². The molecule has 1 N–H and O–H groups in total. The van der Waals surface area contributed by atoms with E-state index >= 15 is 0 Å². The van der Waals surface area contributed by atoms with E-state index in [2.05, 4.69) is 5.32 Å². The fourth-order valence-corrected chi connectivity index (χ4v) is 5.19. The van der Waals surface area contributed by atoms with Crippen LogP contribution in [-0.2, 0) is 26.2 Å². The average molecular weight is 551 g/mol. The van der Waals surface area contributed by atoms with Crippen LogP contribution >= 0.6 is 0 Å². The minimum absolute atomic E-state index is 0.00521. The van der Waals surface area contributed by atoms with Crippen molar-refractivity contribution in [3.05, 3.63) is 64.0 Å². The molecule has 0 aromatic heterocycles. The molecule has 206 valence electrons. The van der Waals surface area contributed by atoms with Crippen LogP contribution in [0.15, 0.2) is 42.5 Å². The van der Waals surface area contributed by atoms with Crippen LogP contribution in [0.3, 0.4) is 0 Å². The van der Waals surface area contributed by atoms with E-state index < -0.39 is 50.9 Å². The van der Waals surface area contributed by atoms with E-state index in [0.29, 0.717) is 9.87 Å². The molecule has 0 saturated heterocycles. The Bertz CT molecular complexity index is 1280. The Morgan fingerprint density at radius 3 is 2.37 bits per heavy atom. The lowest BCUT2D eigenvalue weighted by Crippen LogP contribution is -2.52. The molecule has 13 heteroatoms. The first-order chi connectivity index (χ1) is 17.9. The highest BCUT2D eigenvalue weighted by molar-refractivity contribution is 7.92. The van der Waals surface area contributed by atoms with Gasteiger partial charge in [0.25, 0.3) is 5.69 Å². The molecule has 0 unspecified atom stereocenters. The van der Waals surface area contributed by atoms with Crippen molar-refractivity contribution < 1.29 is 32.1 Å². The van der Waals surface area contributed by atoms with Crippen LogP contribution in [0.25, 0.3) is 0 Å². The number of nitrogens with one attached hydrogen (secondary N) is 1. The summed E-state index contributed by atoms with van der Waals surface area (Å²) in [5, 5.41) is 14.3. The van der Waals surface area contributed by atoms with Crippen molar-refractivity contribution in [2.24, 2.45) is 0 Å². The fourth-order valence-electron chi connectivity index (χ4n) is 4.34. The maximum Gasteiger partial charge on any atom is 0.271 e. The minimum atomic E-state index is -4.13. The van der Waals surface area contributed by atoms with Gasteiger partial charge in [0.05, 0.1) is 18.3 Å². The van der Waals surface area contributed by atoms with Gasteiger partial charge in [-0.3, -0.25) is 24.0 Å². The van der Waals surface area contributed by atoms with Crippen molar-refractivity contribution in [1.82, 2.24) is 10.2 Å². The van der Waals surface area contributed by atoms with Crippen LogP contribution < -0.4 is 14.4 Å². The number of nitro benzene ring substituents is 1. The summed E-state index contributed by atoms with van der Waals surface area (Å²) in [6.07, 6.45) is 4.51.